The van der Waals surface area contributed by atoms with Gasteiger partial charge in [0.15, 0.2) is 6.10 Å². The maximum atomic E-state index is 11.0. The maximum Gasteiger partial charge on any atom is 0.334 e. The first-order valence-corrected chi connectivity index (χ1v) is 7.02. The Morgan fingerprint density at radius 1 is 1.35 bits per heavy atom. The number of ether oxygens (including phenoxy) is 1. The number of hydrogen-bond acceptors (Lipinski definition) is 3. The molecule has 1 aromatic rings. The van der Waals surface area contributed by atoms with Crippen molar-refractivity contribution in [1.82, 2.24) is 4.90 Å². The monoisotopic (exact) mass is 277 g/mol. The van der Waals surface area contributed by atoms with E-state index >= 15 is 0 Å². The molecule has 4 nitrogen and oxygen atoms in total. The van der Waals surface area contributed by atoms with Crippen LogP contribution in [-0.4, -0.2) is 41.8 Å². The van der Waals surface area contributed by atoms with Crippen LogP contribution in [-0.2, 0) is 21.5 Å². The fourth-order valence-corrected chi connectivity index (χ4v) is 2.36. The van der Waals surface area contributed by atoms with Crippen molar-refractivity contribution in [3.05, 3.63) is 35.4 Å². The summed E-state index contributed by atoms with van der Waals surface area (Å²) >= 11 is 0. The SMILES string of the molecule is CC(C)(C)c1ccc(CN2CCOC(C(=O)O)C2)cc1. The standard InChI is InChI=1S/C16H23NO3/c1-16(2,3)13-6-4-12(5-7-13)10-17-8-9-20-14(11-17)15(18)19/h4-7,14H,8-11H2,1-3H3,(H,18,19). The summed E-state index contributed by atoms with van der Waals surface area (Å²) in [4.78, 5) is 13.1. The van der Waals surface area contributed by atoms with Crippen LogP contribution >= 0.6 is 0 Å². The zero-order valence-electron chi connectivity index (χ0n) is 12.4. The average Bonchev–Trinajstić information content (AvgIpc) is 2.38. The molecule has 1 N–H and O–H groups in total. The minimum atomic E-state index is -0.877. The second kappa shape index (κ2) is 5.94. The van der Waals surface area contributed by atoms with Gasteiger partial charge in [0.05, 0.1) is 6.61 Å². The minimum absolute atomic E-state index is 0.159. The van der Waals surface area contributed by atoms with Crippen LogP contribution < -0.4 is 0 Å². The van der Waals surface area contributed by atoms with Gasteiger partial charge in [-0.1, -0.05) is 45.0 Å². The summed E-state index contributed by atoms with van der Waals surface area (Å²) < 4.78 is 5.23. The summed E-state index contributed by atoms with van der Waals surface area (Å²) in [5.41, 5.74) is 2.68. The number of carboxylic acids is 1. The van der Waals surface area contributed by atoms with Gasteiger partial charge in [-0.2, -0.15) is 0 Å². The van der Waals surface area contributed by atoms with E-state index in [9.17, 15) is 4.79 Å². The van der Waals surface area contributed by atoms with Crippen LogP contribution in [0.5, 0.6) is 0 Å². The van der Waals surface area contributed by atoms with Crippen LogP contribution in [0.25, 0.3) is 0 Å². The molecular weight excluding hydrogens is 254 g/mol. The average molecular weight is 277 g/mol. The van der Waals surface area contributed by atoms with Crippen molar-refractivity contribution >= 4 is 5.97 Å². The molecule has 0 bridgehead atoms. The highest BCUT2D eigenvalue weighted by Gasteiger charge is 2.26. The molecule has 1 aliphatic rings. The summed E-state index contributed by atoms with van der Waals surface area (Å²) in [6.45, 7) is 9.08. The fraction of sp³-hybridized carbons (Fsp3) is 0.562. The molecular formula is C16H23NO3. The Balaban J connectivity index is 1.98. The van der Waals surface area contributed by atoms with Crippen molar-refractivity contribution < 1.29 is 14.6 Å². The molecule has 1 aliphatic heterocycles. The highest BCUT2D eigenvalue weighted by molar-refractivity contribution is 5.72. The van der Waals surface area contributed by atoms with Crippen LogP contribution in [0.3, 0.4) is 0 Å². The summed E-state index contributed by atoms with van der Waals surface area (Å²) in [5.74, 6) is -0.877. The summed E-state index contributed by atoms with van der Waals surface area (Å²) in [6.07, 6.45) is -0.697. The molecule has 0 spiro atoms. The first-order valence-electron chi connectivity index (χ1n) is 7.02. The number of rotatable bonds is 3. The third-order valence-electron chi connectivity index (χ3n) is 3.65. The molecule has 0 aliphatic carbocycles. The Bertz CT molecular complexity index is 462. The van der Waals surface area contributed by atoms with E-state index in [1.165, 1.54) is 11.1 Å². The largest absolute Gasteiger partial charge is 0.479 e. The lowest BCUT2D eigenvalue weighted by atomic mass is 9.87. The van der Waals surface area contributed by atoms with E-state index in [0.717, 1.165) is 13.1 Å². The summed E-state index contributed by atoms with van der Waals surface area (Å²) in [6, 6.07) is 8.58. The van der Waals surface area contributed by atoms with Gasteiger partial charge in [-0.3, -0.25) is 4.90 Å². The molecule has 2 rings (SSSR count). The molecule has 0 saturated carbocycles. The van der Waals surface area contributed by atoms with Gasteiger partial charge < -0.3 is 9.84 Å². The van der Waals surface area contributed by atoms with Crippen LogP contribution in [0, 0.1) is 0 Å². The Morgan fingerprint density at radius 2 is 2.00 bits per heavy atom. The summed E-state index contributed by atoms with van der Waals surface area (Å²) in [7, 11) is 0. The molecule has 0 amide bonds. The van der Waals surface area contributed by atoms with Gasteiger partial charge >= 0.3 is 5.97 Å². The fourth-order valence-electron chi connectivity index (χ4n) is 2.36. The Hall–Kier alpha value is -1.39. The number of morpholine rings is 1. The molecule has 1 atom stereocenters. The zero-order chi connectivity index (χ0) is 14.8. The molecule has 1 fully saturated rings. The van der Waals surface area contributed by atoms with Crippen LogP contribution in [0.4, 0.5) is 0 Å². The van der Waals surface area contributed by atoms with Gasteiger partial charge in [0.1, 0.15) is 0 Å². The van der Waals surface area contributed by atoms with Gasteiger partial charge in [0.25, 0.3) is 0 Å². The Kier molecular flexibility index (Phi) is 4.45. The first kappa shape index (κ1) is 15.0. The summed E-state index contributed by atoms with van der Waals surface area (Å²) in [5, 5.41) is 9.00. The Labute approximate surface area is 120 Å². The van der Waals surface area contributed by atoms with Gasteiger partial charge in [0.2, 0.25) is 0 Å². The smallest absolute Gasteiger partial charge is 0.334 e. The van der Waals surface area contributed by atoms with Gasteiger partial charge in [-0.25, -0.2) is 4.79 Å². The van der Waals surface area contributed by atoms with E-state index in [1.54, 1.807) is 0 Å². The van der Waals surface area contributed by atoms with Crippen molar-refractivity contribution in [3.8, 4) is 0 Å². The highest BCUT2D eigenvalue weighted by atomic mass is 16.5. The lowest BCUT2D eigenvalue weighted by Gasteiger charge is -2.31. The lowest BCUT2D eigenvalue weighted by Crippen LogP contribution is -2.45. The van der Waals surface area contributed by atoms with Gasteiger partial charge in [-0.05, 0) is 16.5 Å². The Morgan fingerprint density at radius 3 is 2.55 bits per heavy atom. The van der Waals surface area contributed by atoms with E-state index in [1.807, 2.05) is 0 Å². The van der Waals surface area contributed by atoms with Crippen LogP contribution in [0.15, 0.2) is 24.3 Å². The third-order valence-corrected chi connectivity index (χ3v) is 3.65. The topological polar surface area (TPSA) is 49.8 Å². The second-order valence-corrected chi connectivity index (χ2v) is 6.38. The van der Waals surface area contributed by atoms with Crippen LogP contribution in [0.2, 0.25) is 0 Å². The van der Waals surface area contributed by atoms with E-state index < -0.39 is 12.1 Å². The van der Waals surface area contributed by atoms with Crippen molar-refractivity contribution in [2.75, 3.05) is 19.7 Å². The van der Waals surface area contributed by atoms with Gasteiger partial charge in [0, 0.05) is 19.6 Å². The van der Waals surface area contributed by atoms with E-state index in [0.29, 0.717) is 13.2 Å². The predicted molar refractivity (Wildman–Crippen MR) is 77.8 cm³/mol. The molecule has 1 unspecified atom stereocenters. The zero-order valence-corrected chi connectivity index (χ0v) is 12.4. The minimum Gasteiger partial charge on any atom is -0.479 e. The maximum absolute atomic E-state index is 11.0. The molecule has 20 heavy (non-hydrogen) atoms. The third kappa shape index (κ3) is 3.81. The normalized spacial score (nSPS) is 20.9. The molecule has 1 saturated heterocycles. The first-order chi connectivity index (χ1) is 9.36. The predicted octanol–water partition coefficient (Wildman–Crippen LogP) is 2.27. The van der Waals surface area contributed by atoms with E-state index in [2.05, 4.69) is 49.9 Å². The highest BCUT2D eigenvalue weighted by Crippen LogP contribution is 2.22. The number of carboxylic acid groups (broad SMARTS) is 1. The second-order valence-electron chi connectivity index (χ2n) is 6.38. The van der Waals surface area contributed by atoms with E-state index in [-0.39, 0.29) is 5.41 Å². The van der Waals surface area contributed by atoms with Crippen molar-refractivity contribution in [2.24, 2.45) is 0 Å². The van der Waals surface area contributed by atoms with Crippen molar-refractivity contribution in [3.63, 3.8) is 0 Å². The molecule has 1 aromatic carbocycles. The van der Waals surface area contributed by atoms with Crippen molar-refractivity contribution in [2.45, 2.75) is 38.8 Å². The lowest BCUT2D eigenvalue weighted by molar-refractivity contribution is -0.156. The number of hydrogen-bond donors (Lipinski definition) is 1. The number of aliphatic carboxylic acids is 1. The molecule has 0 aromatic heterocycles. The van der Waals surface area contributed by atoms with Crippen molar-refractivity contribution in [1.29, 1.82) is 0 Å². The molecule has 1 heterocycles. The number of benzene rings is 1. The number of nitrogens with zero attached hydrogens (tertiary/aromatic N) is 1. The van der Waals surface area contributed by atoms with E-state index in [4.69, 9.17) is 9.84 Å². The van der Waals surface area contributed by atoms with Gasteiger partial charge in [-0.15, -0.1) is 0 Å². The molecule has 4 heteroatoms. The molecule has 110 valence electrons. The number of carbonyl (C=O) groups is 1. The van der Waals surface area contributed by atoms with Crippen LogP contribution in [0.1, 0.15) is 31.9 Å². The molecule has 0 radical (unpaired) electrons. The quantitative estimate of drug-likeness (QED) is 0.921.